The van der Waals surface area contributed by atoms with E-state index in [4.69, 9.17) is 11.6 Å². The summed E-state index contributed by atoms with van der Waals surface area (Å²) < 4.78 is 39.0. The first kappa shape index (κ1) is 28.7. The molecule has 2 aliphatic rings. The Bertz CT molecular complexity index is 1360. The van der Waals surface area contributed by atoms with E-state index in [1.54, 1.807) is 6.20 Å². The Morgan fingerprint density at radius 2 is 2.08 bits per heavy atom. The average molecular weight is 572 g/mol. The number of H-pyrrole nitrogens is 1. The summed E-state index contributed by atoms with van der Waals surface area (Å²) in [5, 5.41) is 7.77. The molecule has 3 heterocycles. The number of aromatic amines is 1. The molecule has 1 aliphatic heterocycles. The van der Waals surface area contributed by atoms with Gasteiger partial charge in [0.05, 0.1) is 17.9 Å². The van der Waals surface area contributed by atoms with Gasteiger partial charge in [-0.2, -0.15) is 13.2 Å². The number of pyridine rings is 1. The molecule has 5 nitrogen and oxygen atoms in total. The van der Waals surface area contributed by atoms with Crippen LogP contribution in [0.3, 0.4) is 0 Å². The zero-order chi connectivity index (χ0) is 28.5. The van der Waals surface area contributed by atoms with Crippen LogP contribution < -0.4 is 10.6 Å². The summed E-state index contributed by atoms with van der Waals surface area (Å²) in [6, 6.07) is 7.80. The van der Waals surface area contributed by atoms with Gasteiger partial charge in [-0.15, -0.1) is 0 Å². The Morgan fingerprint density at radius 3 is 2.70 bits per heavy atom. The Hall–Kier alpha value is -2.81. The highest BCUT2D eigenvalue weighted by Crippen LogP contribution is 2.52. The molecule has 0 amide bonds. The first-order chi connectivity index (χ1) is 19.2. The number of benzene rings is 1. The molecular formula is C31H37ClF3N5. The van der Waals surface area contributed by atoms with E-state index in [0.29, 0.717) is 24.4 Å². The normalized spacial score (nSPS) is 18.4. The molecule has 1 atom stereocenters. The fourth-order valence-electron chi connectivity index (χ4n) is 6.09. The first-order valence-electron chi connectivity index (χ1n) is 14.0. The highest BCUT2D eigenvalue weighted by atomic mass is 35.5. The van der Waals surface area contributed by atoms with E-state index in [0.717, 1.165) is 77.2 Å². The molecule has 0 spiro atoms. The molecule has 1 aromatic carbocycles. The van der Waals surface area contributed by atoms with Crippen LogP contribution in [0.2, 0.25) is 5.02 Å². The number of nitrogens with zero attached hydrogens (tertiary/aromatic N) is 2. The molecule has 2 aromatic heterocycles. The summed E-state index contributed by atoms with van der Waals surface area (Å²) >= 11 is 6.56. The number of anilines is 2. The quantitative estimate of drug-likeness (QED) is 0.211. The van der Waals surface area contributed by atoms with Gasteiger partial charge in [0, 0.05) is 64.5 Å². The van der Waals surface area contributed by atoms with E-state index in [1.807, 2.05) is 43.6 Å². The van der Waals surface area contributed by atoms with Crippen molar-refractivity contribution in [2.75, 3.05) is 32.0 Å². The van der Waals surface area contributed by atoms with E-state index >= 15 is 0 Å². The molecule has 9 heteroatoms. The summed E-state index contributed by atoms with van der Waals surface area (Å²) in [6.45, 7) is 6.77. The highest BCUT2D eigenvalue weighted by molar-refractivity contribution is 6.31. The lowest BCUT2D eigenvalue weighted by Crippen LogP contribution is -2.51. The van der Waals surface area contributed by atoms with E-state index in [-0.39, 0.29) is 11.5 Å². The molecule has 1 unspecified atom stereocenters. The van der Waals surface area contributed by atoms with Crippen LogP contribution in [-0.4, -0.2) is 53.8 Å². The van der Waals surface area contributed by atoms with Crippen LogP contribution in [0.25, 0.3) is 17.3 Å². The van der Waals surface area contributed by atoms with Crippen LogP contribution in [0.15, 0.2) is 43.2 Å². The van der Waals surface area contributed by atoms with Gasteiger partial charge in [0.25, 0.3) is 0 Å². The van der Waals surface area contributed by atoms with Crippen molar-refractivity contribution in [2.24, 2.45) is 0 Å². The Labute approximate surface area is 239 Å². The lowest BCUT2D eigenvalue weighted by molar-refractivity contribution is -0.162. The van der Waals surface area contributed by atoms with Crippen molar-refractivity contribution in [3.05, 3.63) is 70.6 Å². The van der Waals surface area contributed by atoms with E-state index in [2.05, 4.69) is 34.1 Å². The fraction of sp³-hybridized carbons (Fsp3) is 0.452. The molecule has 0 radical (unpaired) electrons. The predicted molar refractivity (Wildman–Crippen MR) is 157 cm³/mol. The molecule has 2 fully saturated rings. The smallest absolute Gasteiger partial charge is 0.356 e. The number of hydrogen-bond donors (Lipinski definition) is 3. The lowest BCUT2D eigenvalue weighted by atomic mass is 9.93. The molecule has 5 rings (SSSR count). The van der Waals surface area contributed by atoms with Crippen molar-refractivity contribution in [2.45, 2.75) is 63.1 Å². The summed E-state index contributed by atoms with van der Waals surface area (Å²) in [5.74, 6) is 0. The van der Waals surface area contributed by atoms with Crippen molar-refractivity contribution in [3.63, 3.8) is 0 Å². The molecule has 1 saturated carbocycles. The molecule has 3 N–H and O–H groups in total. The largest absolute Gasteiger partial charge is 0.401 e. The third kappa shape index (κ3) is 5.80. The predicted octanol–water partition coefficient (Wildman–Crippen LogP) is 7.50. The van der Waals surface area contributed by atoms with Crippen molar-refractivity contribution in [1.82, 2.24) is 20.2 Å². The van der Waals surface area contributed by atoms with Gasteiger partial charge in [0.1, 0.15) is 0 Å². The highest BCUT2D eigenvalue weighted by Gasteiger charge is 2.47. The van der Waals surface area contributed by atoms with Gasteiger partial charge in [-0.05, 0) is 74.9 Å². The van der Waals surface area contributed by atoms with Crippen molar-refractivity contribution >= 4 is 29.1 Å². The SMILES string of the molecule is C=Cc1c(C2(CNC)CC2)[nH]c(-c2ccncc2CCC2CCN2CC(F)(F)F)c1Nc1cccc(Cl)c1CC. The molecule has 40 heavy (non-hydrogen) atoms. The van der Waals surface area contributed by atoms with Crippen LogP contribution >= 0.6 is 11.6 Å². The fourth-order valence-corrected chi connectivity index (χ4v) is 6.40. The van der Waals surface area contributed by atoms with Crippen molar-refractivity contribution in [1.29, 1.82) is 0 Å². The lowest BCUT2D eigenvalue weighted by Gasteiger charge is -2.41. The minimum Gasteiger partial charge on any atom is -0.356 e. The zero-order valence-corrected chi connectivity index (χ0v) is 23.9. The monoisotopic (exact) mass is 571 g/mol. The molecule has 1 aliphatic carbocycles. The number of likely N-dealkylation sites (tertiary alicyclic amines) is 1. The first-order valence-corrected chi connectivity index (χ1v) is 14.4. The van der Waals surface area contributed by atoms with Crippen LogP contribution in [0.5, 0.6) is 0 Å². The van der Waals surface area contributed by atoms with Gasteiger partial charge in [0.2, 0.25) is 0 Å². The summed E-state index contributed by atoms with van der Waals surface area (Å²) in [7, 11) is 1.97. The second-order valence-electron chi connectivity index (χ2n) is 11.0. The Morgan fingerprint density at radius 1 is 1.27 bits per heavy atom. The summed E-state index contributed by atoms with van der Waals surface area (Å²) in [4.78, 5) is 9.70. The zero-order valence-electron chi connectivity index (χ0n) is 23.1. The number of alkyl halides is 3. The number of likely N-dealkylation sites (N-methyl/N-ethyl adjacent to an activating group) is 1. The topological polar surface area (TPSA) is 56.0 Å². The van der Waals surface area contributed by atoms with Gasteiger partial charge in [-0.1, -0.05) is 37.2 Å². The van der Waals surface area contributed by atoms with E-state index in [1.165, 1.54) is 4.90 Å². The minimum absolute atomic E-state index is 0.00604. The number of halogens is 4. The third-order valence-electron chi connectivity index (χ3n) is 8.44. The summed E-state index contributed by atoms with van der Waals surface area (Å²) in [5.41, 5.74) is 8.03. The van der Waals surface area contributed by atoms with Gasteiger partial charge in [-0.25, -0.2) is 0 Å². The van der Waals surface area contributed by atoms with Crippen LogP contribution in [-0.2, 0) is 18.3 Å². The van der Waals surface area contributed by atoms with E-state index in [9.17, 15) is 13.2 Å². The van der Waals surface area contributed by atoms with Crippen LogP contribution in [0.4, 0.5) is 24.5 Å². The van der Waals surface area contributed by atoms with Gasteiger partial charge >= 0.3 is 6.18 Å². The average Bonchev–Trinajstić information content (AvgIpc) is 3.60. The van der Waals surface area contributed by atoms with Gasteiger partial charge in [-0.3, -0.25) is 9.88 Å². The minimum atomic E-state index is -4.18. The van der Waals surface area contributed by atoms with Crippen molar-refractivity contribution in [3.8, 4) is 11.3 Å². The van der Waals surface area contributed by atoms with E-state index < -0.39 is 12.7 Å². The molecule has 214 valence electrons. The maximum absolute atomic E-state index is 13.0. The number of aromatic nitrogens is 2. The van der Waals surface area contributed by atoms with Gasteiger partial charge < -0.3 is 15.6 Å². The Balaban J connectivity index is 1.53. The summed E-state index contributed by atoms with van der Waals surface area (Å²) in [6.07, 6.45) is 6.35. The molecule has 1 saturated heterocycles. The number of nitrogens with one attached hydrogen (secondary N) is 3. The maximum Gasteiger partial charge on any atom is 0.401 e. The third-order valence-corrected chi connectivity index (χ3v) is 8.80. The molecule has 0 bridgehead atoms. The van der Waals surface area contributed by atoms with Crippen LogP contribution in [0, 0.1) is 0 Å². The standard InChI is InChI=1S/C31H37ClF3N5/c1-4-22-25(32)7-6-8-26(22)38-27-23(5-2)29(30(13-14-30)18-36-3)39-28(27)24-11-15-37-17-20(24)9-10-21-12-16-40(21)19-31(33,34)35/h5-8,11,15,17,21,36,38-39H,2,4,9-10,12-14,16,18-19H2,1,3H3. The second kappa shape index (κ2) is 11.6. The number of hydrogen-bond acceptors (Lipinski definition) is 4. The maximum atomic E-state index is 13.0. The van der Waals surface area contributed by atoms with Crippen molar-refractivity contribution < 1.29 is 13.2 Å². The second-order valence-corrected chi connectivity index (χ2v) is 11.4. The number of rotatable bonds is 12. The van der Waals surface area contributed by atoms with Gasteiger partial charge in [0.15, 0.2) is 0 Å². The molecular weight excluding hydrogens is 535 g/mol. The number of aryl methyl sites for hydroxylation is 1. The molecule has 3 aromatic rings. The Kier molecular flexibility index (Phi) is 8.32. The van der Waals surface area contributed by atoms with Crippen LogP contribution in [0.1, 0.15) is 55.0 Å².